The van der Waals surface area contributed by atoms with Crippen molar-refractivity contribution in [2.45, 2.75) is 57.7 Å². The molecule has 1 aliphatic carbocycles. The van der Waals surface area contributed by atoms with Crippen LogP contribution in [0.25, 0.3) is 0 Å². The topological polar surface area (TPSA) is 23.5 Å². The van der Waals surface area contributed by atoms with Crippen molar-refractivity contribution in [3.8, 4) is 0 Å². The average molecular weight is 247 g/mol. The van der Waals surface area contributed by atoms with Crippen LogP contribution in [0.1, 0.15) is 50.3 Å². The van der Waals surface area contributed by atoms with E-state index in [2.05, 4.69) is 44.0 Å². The van der Waals surface area contributed by atoms with Crippen LogP contribution >= 0.6 is 0 Å². The molecule has 0 fully saturated rings. The zero-order valence-electron chi connectivity index (χ0n) is 11.8. The lowest BCUT2D eigenvalue weighted by Gasteiger charge is -2.35. The lowest BCUT2D eigenvalue weighted by atomic mass is 9.97. The van der Waals surface area contributed by atoms with Gasteiger partial charge >= 0.3 is 0 Å². The number of hydrogen-bond acceptors (Lipinski definition) is 2. The molecule has 0 aliphatic heterocycles. The summed E-state index contributed by atoms with van der Waals surface area (Å²) in [5.74, 6) is 0. The predicted octanol–water partition coefficient (Wildman–Crippen LogP) is 3.16. The Morgan fingerprint density at radius 1 is 1.39 bits per heavy atom. The number of benzene rings is 1. The molecule has 0 aromatic heterocycles. The quantitative estimate of drug-likeness (QED) is 0.829. The lowest BCUT2D eigenvalue weighted by Crippen LogP contribution is -2.41. The van der Waals surface area contributed by atoms with Gasteiger partial charge in [0.05, 0.1) is 6.10 Å². The van der Waals surface area contributed by atoms with Gasteiger partial charge in [-0.15, -0.1) is 0 Å². The highest BCUT2D eigenvalue weighted by atomic mass is 16.3. The molecule has 0 heterocycles. The minimum Gasteiger partial charge on any atom is -0.387 e. The summed E-state index contributed by atoms with van der Waals surface area (Å²) in [6.45, 7) is 4.45. The Morgan fingerprint density at radius 3 is 2.83 bits per heavy atom. The average Bonchev–Trinajstić information content (AvgIpc) is 2.57. The molecule has 0 radical (unpaired) electrons. The molecule has 0 amide bonds. The van der Waals surface area contributed by atoms with Crippen molar-refractivity contribution in [1.29, 1.82) is 0 Å². The van der Waals surface area contributed by atoms with Crippen LogP contribution in [0, 0.1) is 0 Å². The second-order valence-corrected chi connectivity index (χ2v) is 5.53. The monoisotopic (exact) mass is 247 g/mol. The normalized spacial score (nSPS) is 25.6. The Balaban J connectivity index is 2.24. The predicted molar refractivity (Wildman–Crippen MR) is 75.6 cm³/mol. The molecular weight excluding hydrogens is 222 g/mol. The fourth-order valence-corrected chi connectivity index (χ4v) is 2.96. The van der Waals surface area contributed by atoms with E-state index in [4.69, 9.17) is 0 Å². The molecule has 2 nitrogen and oxygen atoms in total. The van der Waals surface area contributed by atoms with E-state index in [1.54, 1.807) is 0 Å². The molecule has 1 aromatic carbocycles. The highest BCUT2D eigenvalue weighted by molar-refractivity contribution is 5.31. The van der Waals surface area contributed by atoms with E-state index in [0.717, 1.165) is 24.8 Å². The number of aliphatic hydroxyl groups is 1. The van der Waals surface area contributed by atoms with Gasteiger partial charge in [0.1, 0.15) is 0 Å². The second-order valence-electron chi connectivity index (χ2n) is 5.53. The molecule has 100 valence electrons. The van der Waals surface area contributed by atoms with Gasteiger partial charge in [-0.2, -0.15) is 0 Å². The molecule has 3 atom stereocenters. The maximum absolute atomic E-state index is 10.7. The number of rotatable bonds is 3. The number of aryl methyl sites for hydroxylation is 1. The minimum absolute atomic E-state index is 0.253. The maximum atomic E-state index is 10.7. The summed E-state index contributed by atoms with van der Waals surface area (Å²) in [6, 6.07) is 9.13. The molecule has 2 heteroatoms. The van der Waals surface area contributed by atoms with Crippen molar-refractivity contribution in [2.24, 2.45) is 0 Å². The fourth-order valence-electron chi connectivity index (χ4n) is 2.96. The second kappa shape index (κ2) is 5.85. The van der Waals surface area contributed by atoms with E-state index in [1.807, 2.05) is 6.07 Å². The summed E-state index contributed by atoms with van der Waals surface area (Å²) < 4.78 is 0. The SMILES string of the molecule is CCC(C)N(C)C1CCCc2ccccc2C1O. The van der Waals surface area contributed by atoms with Gasteiger partial charge < -0.3 is 5.11 Å². The number of nitrogens with zero attached hydrogens (tertiary/aromatic N) is 1. The molecule has 2 rings (SSSR count). The van der Waals surface area contributed by atoms with Crippen LogP contribution in [0.3, 0.4) is 0 Å². The van der Waals surface area contributed by atoms with Crippen LogP contribution in [0.4, 0.5) is 0 Å². The summed E-state index contributed by atoms with van der Waals surface area (Å²) in [5.41, 5.74) is 2.46. The largest absolute Gasteiger partial charge is 0.387 e. The molecule has 3 unspecified atom stereocenters. The number of fused-ring (bicyclic) bond motifs is 1. The van der Waals surface area contributed by atoms with E-state index < -0.39 is 0 Å². The smallest absolute Gasteiger partial charge is 0.0947 e. The van der Waals surface area contributed by atoms with Crippen LogP contribution in [-0.4, -0.2) is 29.1 Å². The Hall–Kier alpha value is -0.860. The van der Waals surface area contributed by atoms with Gasteiger partial charge in [-0.3, -0.25) is 4.90 Å². The molecule has 0 saturated carbocycles. The van der Waals surface area contributed by atoms with E-state index in [0.29, 0.717) is 6.04 Å². The molecule has 0 bridgehead atoms. The number of likely N-dealkylation sites (N-methyl/N-ethyl adjacent to an activating group) is 1. The standard InChI is InChI=1S/C16H25NO/c1-4-12(2)17(3)15-11-7-9-13-8-5-6-10-14(13)16(15)18/h5-6,8,10,12,15-16,18H,4,7,9,11H2,1-3H3. The van der Waals surface area contributed by atoms with E-state index in [-0.39, 0.29) is 12.1 Å². The van der Waals surface area contributed by atoms with Crippen molar-refractivity contribution in [1.82, 2.24) is 4.90 Å². The summed E-state index contributed by atoms with van der Waals surface area (Å²) in [6.07, 6.45) is 4.12. The number of hydrogen-bond donors (Lipinski definition) is 1. The van der Waals surface area contributed by atoms with Crippen molar-refractivity contribution in [3.05, 3.63) is 35.4 Å². The van der Waals surface area contributed by atoms with Gasteiger partial charge in [0, 0.05) is 12.1 Å². The molecular formula is C16H25NO. The van der Waals surface area contributed by atoms with Gasteiger partial charge in [-0.1, -0.05) is 31.2 Å². The van der Waals surface area contributed by atoms with Gasteiger partial charge in [-0.25, -0.2) is 0 Å². The first kappa shape index (κ1) is 13.6. The van der Waals surface area contributed by atoms with Gasteiger partial charge in [0.2, 0.25) is 0 Å². The third-order valence-corrected chi connectivity index (χ3v) is 4.49. The van der Waals surface area contributed by atoms with Crippen molar-refractivity contribution in [3.63, 3.8) is 0 Å². The minimum atomic E-state index is -0.345. The molecule has 18 heavy (non-hydrogen) atoms. The van der Waals surface area contributed by atoms with Crippen LogP contribution in [0.5, 0.6) is 0 Å². The summed E-state index contributed by atoms with van der Waals surface area (Å²) in [7, 11) is 2.15. The maximum Gasteiger partial charge on any atom is 0.0947 e. The highest BCUT2D eigenvalue weighted by Crippen LogP contribution is 2.32. The molecule has 1 N–H and O–H groups in total. The Labute approximate surface area is 111 Å². The van der Waals surface area contributed by atoms with Crippen LogP contribution in [-0.2, 0) is 6.42 Å². The van der Waals surface area contributed by atoms with E-state index in [1.165, 1.54) is 12.0 Å². The van der Waals surface area contributed by atoms with E-state index in [9.17, 15) is 5.11 Å². The van der Waals surface area contributed by atoms with Gasteiger partial charge in [0.25, 0.3) is 0 Å². The van der Waals surface area contributed by atoms with Crippen LogP contribution in [0.15, 0.2) is 24.3 Å². The van der Waals surface area contributed by atoms with Gasteiger partial charge in [0.15, 0.2) is 0 Å². The third kappa shape index (κ3) is 2.60. The van der Waals surface area contributed by atoms with Crippen molar-refractivity contribution < 1.29 is 5.11 Å². The fraction of sp³-hybridized carbons (Fsp3) is 0.625. The zero-order chi connectivity index (χ0) is 13.1. The first-order valence-electron chi connectivity index (χ1n) is 7.13. The molecule has 0 saturated heterocycles. The summed E-state index contributed by atoms with van der Waals surface area (Å²) >= 11 is 0. The van der Waals surface area contributed by atoms with Crippen LogP contribution < -0.4 is 0 Å². The Kier molecular flexibility index (Phi) is 4.41. The first-order valence-corrected chi connectivity index (χ1v) is 7.13. The van der Waals surface area contributed by atoms with Crippen molar-refractivity contribution >= 4 is 0 Å². The Morgan fingerprint density at radius 2 is 2.11 bits per heavy atom. The van der Waals surface area contributed by atoms with Crippen molar-refractivity contribution in [2.75, 3.05) is 7.05 Å². The molecule has 1 aliphatic rings. The lowest BCUT2D eigenvalue weighted by molar-refractivity contribution is 0.0391. The first-order chi connectivity index (χ1) is 8.65. The van der Waals surface area contributed by atoms with Crippen LogP contribution in [0.2, 0.25) is 0 Å². The highest BCUT2D eigenvalue weighted by Gasteiger charge is 2.30. The third-order valence-electron chi connectivity index (χ3n) is 4.49. The molecule has 1 aromatic rings. The summed E-state index contributed by atoms with van der Waals surface area (Å²) in [4.78, 5) is 2.35. The zero-order valence-corrected chi connectivity index (χ0v) is 11.8. The summed E-state index contributed by atoms with van der Waals surface area (Å²) in [5, 5.41) is 10.7. The van der Waals surface area contributed by atoms with Gasteiger partial charge in [-0.05, 0) is 50.8 Å². The Bertz CT molecular complexity index is 390. The number of aliphatic hydroxyl groups excluding tert-OH is 1. The van der Waals surface area contributed by atoms with E-state index >= 15 is 0 Å². The molecule has 0 spiro atoms.